The Balaban J connectivity index is 2.37. The summed E-state index contributed by atoms with van der Waals surface area (Å²) in [5.74, 6) is 1.05. The molecule has 0 spiro atoms. The molecule has 0 saturated heterocycles. The van der Waals surface area contributed by atoms with Gasteiger partial charge in [-0.25, -0.2) is 0 Å². The first kappa shape index (κ1) is 15.9. The molecule has 0 fully saturated rings. The molecule has 0 radical (unpaired) electrons. The highest BCUT2D eigenvalue weighted by Gasteiger charge is 2.13. The van der Waals surface area contributed by atoms with E-state index < -0.39 is 4.92 Å². The smallest absolute Gasteiger partial charge is 0.273 e. The second-order valence-electron chi connectivity index (χ2n) is 4.26. The molecule has 0 aliphatic heterocycles. The van der Waals surface area contributed by atoms with Crippen LogP contribution in [0.5, 0.6) is 11.5 Å². The van der Waals surface area contributed by atoms with Crippen LogP contribution in [0.1, 0.15) is 5.56 Å². The third-order valence-corrected chi connectivity index (χ3v) is 3.88. The van der Waals surface area contributed by atoms with E-state index in [2.05, 4.69) is 37.2 Å². The van der Waals surface area contributed by atoms with E-state index in [-0.39, 0.29) is 5.69 Å². The average Bonchev–Trinajstić information content (AvgIpc) is 2.44. The van der Waals surface area contributed by atoms with Crippen molar-refractivity contribution < 1.29 is 9.66 Å². The predicted octanol–water partition coefficient (Wildman–Crippen LogP) is 4.63. The van der Waals surface area contributed by atoms with Crippen LogP contribution in [0.25, 0.3) is 0 Å². The first-order valence-corrected chi connectivity index (χ1v) is 7.64. The maximum atomic E-state index is 10.8. The summed E-state index contributed by atoms with van der Waals surface area (Å²) in [5, 5.41) is 13.9. The minimum Gasteiger partial charge on any atom is -0.456 e. The van der Waals surface area contributed by atoms with Crippen LogP contribution >= 0.6 is 31.9 Å². The average molecular weight is 416 g/mol. The van der Waals surface area contributed by atoms with Crippen LogP contribution in [-0.4, -0.2) is 12.0 Å². The molecule has 0 heterocycles. The molecule has 110 valence electrons. The van der Waals surface area contributed by atoms with Crippen molar-refractivity contribution >= 4 is 37.5 Å². The standard InChI is InChI=1S/C14H12Br2N2O3/c1-17-8-9-6-10(15)2-5-13(9)21-14-7-11(18(19)20)3-4-12(14)16/h2-7,17H,8H2,1H3. The first-order chi connectivity index (χ1) is 10.0. The van der Waals surface area contributed by atoms with Crippen molar-refractivity contribution in [2.24, 2.45) is 0 Å². The van der Waals surface area contributed by atoms with E-state index in [4.69, 9.17) is 4.74 Å². The number of hydrogen-bond acceptors (Lipinski definition) is 4. The number of halogens is 2. The Morgan fingerprint density at radius 2 is 1.95 bits per heavy atom. The third-order valence-electron chi connectivity index (χ3n) is 2.74. The van der Waals surface area contributed by atoms with Gasteiger partial charge in [-0.1, -0.05) is 15.9 Å². The second kappa shape index (κ2) is 7.02. The molecule has 7 heteroatoms. The number of hydrogen-bond donors (Lipinski definition) is 1. The fraction of sp³-hybridized carbons (Fsp3) is 0.143. The number of non-ortho nitro benzene ring substituents is 1. The molecule has 0 atom stereocenters. The van der Waals surface area contributed by atoms with Crippen molar-refractivity contribution in [1.82, 2.24) is 5.32 Å². The zero-order chi connectivity index (χ0) is 15.4. The maximum Gasteiger partial charge on any atom is 0.273 e. The number of ether oxygens (including phenoxy) is 1. The van der Waals surface area contributed by atoms with Gasteiger partial charge in [0.25, 0.3) is 5.69 Å². The molecule has 2 aromatic carbocycles. The largest absolute Gasteiger partial charge is 0.456 e. The predicted molar refractivity (Wildman–Crippen MR) is 87.8 cm³/mol. The van der Waals surface area contributed by atoms with Crippen molar-refractivity contribution in [2.75, 3.05) is 7.05 Å². The lowest BCUT2D eigenvalue weighted by Crippen LogP contribution is -2.06. The fourth-order valence-corrected chi connectivity index (χ4v) is 2.51. The van der Waals surface area contributed by atoms with Crippen LogP contribution < -0.4 is 10.1 Å². The summed E-state index contributed by atoms with van der Waals surface area (Å²) >= 11 is 6.76. The van der Waals surface area contributed by atoms with Gasteiger partial charge in [0.2, 0.25) is 0 Å². The van der Waals surface area contributed by atoms with Crippen molar-refractivity contribution in [2.45, 2.75) is 6.54 Å². The molecule has 0 unspecified atom stereocenters. The highest BCUT2D eigenvalue weighted by Crippen LogP contribution is 2.35. The zero-order valence-electron chi connectivity index (χ0n) is 11.1. The molecule has 21 heavy (non-hydrogen) atoms. The molecule has 0 saturated carbocycles. The van der Waals surface area contributed by atoms with Crippen LogP contribution in [-0.2, 0) is 6.54 Å². The summed E-state index contributed by atoms with van der Waals surface area (Å²) in [6, 6.07) is 10.0. The van der Waals surface area contributed by atoms with Gasteiger partial charge >= 0.3 is 0 Å². The number of benzene rings is 2. The van der Waals surface area contributed by atoms with E-state index in [1.165, 1.54) is 12.1 Å². The van der Waals surface area contributed by atoms with Crippen molar-refractivity contribution in [3.8, 4) is 11.5 Å². The normalized spacial score (nSPS) is 10.4. The molecule has 0 amide bonds. The highest BCUT2D eigenvalue weighted by molar-refractivity contribution is 9.10. The summed E-state index contributed by atoms with van der Waals surface area (Å²) in [6.07, 6.45) is 0. The molecule has 5 nitrogen and oxygen atoms in total. The topological polar surface area (TPSA) is 64.4 Å². The van der Waals surface area contributed by atoms with Crippen LogP contribution in [0.4, 0.5) is 5.69 Å². The summed E-state index contributed by atoms with van der Waals surface area (Å²) in [7, 11) is 1.84. The van der Waals surface area contributed by atoms with Gasteiger partial charge in [-0.15, -0.1) is 0 Å². The molecule has 2 aromatic rings. The van der Waals surface area contributed by atoms with Crippen LogP contribution in [0.2, 0.25) is 0 Å². The Labute approximate surface area is 138 Å². The van der Waals surface area contributed by atoms with Crippen LogP contribution in [0.3, 0.4) is 0 Å². The van der Waals surface area contributed by atoms with E-state index >= 15 is 0 Å². The third kappa shape index (κ3) is 4.03. The lowest BCUT2D eigenvalue weighted by molar-refractivity contribution is -0.384. The van der Waals surface area contributed by atoms with Gasteiger partial charge in [-0.2, -0.15) is 0 Å². The van der Waals surface area contributed by atoms with Crippen molar-refractivity contribution in [1.29, 1.82) is 0 Å². The number of nitrogens with zero attached hydrogens (tertiary/aromatic N) is 1. The maximum absolute atomic E-state index is 10.8. The van der Waals surface area contributed by atoms with Crippen LogP contribution in [0.15, 0.2) is 45.3 Å². The molecule has 0 aliphatic carbocycles. The Kier molecular flexibility index (Phi) is 5.33. The monoisotopic (exact) mass is 414 g/mol. The highest BCUT2D eigenvalue weighted by atomic mass is 79.9. The molecule has 0 aromatic heterocycles. The van der Waals surface area contributed by atoms with Gasteiger partial charge < -0.3 is 10.1 Å². The first-order valence-electron chi connectivity index (χ1n) is 6.06. The molecule has 0 bridgehead atoms. The van der Waals surface area contributed by atoms with Gasteiger partial charge in [-0.3, -0.25) is 10.1 Å². The quantitative estimate of drug-likeness (QED) is 0.571. The Morgan fingerprint density at radius 3 is 2.62 bits per heavy atom. The van der Waals surface area contributed by atoms with Gasteiger partial charge in [0, 0.05) is 22.6 Å². The lowest BCUT2D eigenvalue weighted by Gasteiger charge is -2.12. The Hall–Kier alpha value is -1.44. The summed E-state index contributed by atoms with van der Waals surface area (Å²) in [4.78, 5) is 10.4. The Bertz CT molecular complexity index is 677. The lowest BCUT2D eigenvalue weighted by atomic mass is 10.2. The van der Waals surface area contributed by atoms with E-state index in [0.29, 0.717) is 22.5 Å². The van der Waals surface area contributed by atoms with E-state index in [1.807, 2.05) is 25.2 Å². The summed E-state index contributed by atoms with van der Waals surface area (Å²) in [6.45, 7) is 0.626. The molecule has 0 aliphatic rings. The second-order valence-corrected chi connectivity index (χ2v) is 6.03. The molecule has 2 rings (SSSR count). The van der Waals surface area contributed by atoms with Crippen molar-refractivity contribution in [3.63, 3.8) is 0 Å². The van der Waals surface area contributed by atoms with E-state index in [1.54, 1.807) is 6.07 Å². The molecular formula is C14H12Br2N2O3. The minimum atomic E-state index is -0.449. The molecular weight excluding hydrogens is 404 g/mol. The van der Waals surface area contributed by atoms with E-state index in [9.17, 15) is 10.1 Å². The number of nitro benzene ring substituents is 1. The zero-order valence-corrected chi connectivity index (χ0v) is 14.3. The SMILES string of the molecule is CNCc1cc(Br)ccc1Oc1cc([N+](=O)[O-])ccc1Br. The number of nitrogens with one attached hydrogen (secondary N) is 1. The van der Waals surface area contributed by atoms with E-state index in [0.717, 1.165) is 10.0 Å². The van der Waals surface area contributed by atoms with Crippen LogP contribution in [0, 0.1) is 10.1 Å². The number of nitro groups is 1. The van der Waals surface area contributed by atoms with Gasteiger partial charge in [0.1, 0.15) is 11.5 Å². The summed E-state index contributed by atoms with van der Waals surface area (Å²) in [5.41, 5.74) is 0.936. The number of rotatable bonds is 5. The van der Waals surface area contributed by atoms with Gasteiger partial charge in [0.15, 0.2) is 0 Å². The fourth-order valence-electron chi connectivity index (χ4n) is 1.78. The van der Waals surface area contributed by atoms with Gasteiger partial charge in [0.05, 0.1) is 15.5 Å². The minimum absolute atomic E-state index is 0.0134. The Morgan fingerprint density at radius 1 is 1.19 bits per heavy atom. The van der Waals surface area contributed by atoms with Gasteiger partial charge in [-0.05, 0) is 47.2 Å². The molecule has 1 N–H and O–H groups in total. The summed E-state index contributed by atoms with van der Waals surface area (Å²) < 4.78 is 7.43. The van der Waals surface area contributed by atoms with Crippen molar-refractivity contribution in [3.05, 3.63) is 61.0 Å².